The van der Waals surface area contributed by atoms with Crippen LogP contribution in [-0.2, 0) is 4.79 Å². The first-order valence-electron chi connectivity index (χ1n) is 4.64. The van der Waals surface area contributed by atoms with Crippen LogP contribution in [0.15, 0.2) is 0 Å². The average Bonchev–Trinajstić information content (AvgIpc) is 2.50. The van der Waals surface area contributed by atoms with Gasteiger partial charge in [-0.1, -0.05) is 0 Å². The molecular weight excluding hydrogens is 152 g/mol. The zero-order chi connectivity index (χ0) is 9.14. The molecule has 0 saturated carbocycles. The van der Waals surface area contributed by atoms with E-state index in [1.54, 1.807) is 7.05 Å². The highest BCUT2D eigenvalue weighted by Gasteiger charge is 2.31. The lowest BCUT2D eigenvalue weighted by molar-refractivity contribution is -0.125. The average molecular weight is 170 g/mol. The third-order valence-corrected chi connectivity index (χ3v) is 2.51. The largest absolute Gasteiger partial charge is 0.358 e. The SMILES string of the molecule is CNC(=O)[C@@H]1CCCN1C(C)C. The van der Waals surface area contributed by atoms with Crippen LogP contribution in [0.4, 0.5) is 0 Å². The molecule has 0 bridgehead atoms. The molecule has 1 fully saturated rings. The van der Waals surface area contributed by atoms with E-state index in [1.165, 1.54) is 0 Å². The number of carbonyl (C=O) groups is 1. The maximum Gasteiger partial charge on any atom is 0.237 e. The topological polar surface area (TPSA) is 32.3 Å². The van der Waals surface area contributed by atoms with Crippen molar-refractivity contribution in [2.45, 2.75) is 38.8 Å². The van der Waals surface area contributed by atoms with Crippen molar-refractivity contribution in [2.75, 3.05) is 13.6 Å². The van der Waals surface area contributed by atoms with Crippen LogP contribution in [0, 0.1) is 0 Å². The highest BCUT2D eigenvalue weighted by atomic mass is 16.2. The van der Waals surface area contributed by atoms with Gasteiger partial charge in [-0.05, 0) is 33.2 Å². The van der Waals surface area contributed by atoms with Crippen molar-refractivity contribution in [3.63, 3.8) is 0 Å². The fraction of sp³-hybridized carbons (Fsp3) is 0.889. The number of hydrogen-bond donors (Lipinski definition) is 1. The van der Waals surface area contributed by atoms with E-state index in [0.717, 1.165) is 19.4 Å². The molecule has 70 valence electrons. The summed E-state index contributed by atoms with van der Waals surface area (Å²) in [6.07, 6.45) is 2.16. The molecule has 1 aliphatic heterocycles. The third kappa shape index (κ3) is 1.78. The van der Waals surface area contributed by atoms with E-state index in [4.69, 9.17) is 0 Å². The van der Waals surface area contributed by atoms with Crippen LogP contribution in [0.25, 0.3) is 0 Å². The summed E-state index contributed by atoms with van der Waals surface area (Å²) in [6, 6.07) is 0.602. The molecule has 1 rings (SSSR count). The molecule has 0 aromatic rings. The highest BCUT2D eigenvalue weighted by molar-refractivity contribution is 5.81. The molecule has 3 nitrogen and oxygen atoms in total. The quantitative estimate of drug-likeness (QED) is 0.658. The standard InChI is InChI=1S/C9H18N2O/c1-7(2)11-6-4-5-8(11)9(12)10-3/h7-8H,4-6H2,1-3H3,(H,10,12)/t8-/m0/s1. The molecule has 0 unspecified atom stereocenters. The Morgan fingerprint density at radius 2 is 2.25 bits per heavy atom. The zero-order valence-corrected chi connectivity index (χ0v) is 8.13. The number of nitrogens with one attached hydrogen (secondary N) is 1. The van der Waals surface area contributed by atoms with Gasteiger partial charge >= 0.3 is 0 Å². The molecule has 0 aliphatic carbocycles. The Morgan fingerprint density at radius 1 is 1.58 bits per heavy atom. The first kappa shape index (κ1) is 9.52. The van der Waals surface area contributed by atoms with Gasteiger partial charge in [0.2, 0.25) is 5.91 Å². The minimum atomic E-state index is 0.120. The molecule has 0 radical (unpaired) electrons. The van der Waals surface area contributed by atoms with Crippen LogP contribution in [-0.4, -0.2) is 36.5 Å². The van der Waals surface area contributed by atoms with E-state index < -0.39 is 0 Å². The van der Waals surface area contributed by atoms with Gasteiger partial charge in [-0.25, -0.2) is 0 Å². The Kier molecular flexibility index (Phi) is 3.09. The highest BCUT2D eigenvalue weighted by Crippen LogP contribution is 2.19. The number of amides is 1. The van der Waals surface area contributed by atoms with E-state index in [9.17, 15) is 4.79 Å². The summed E-state index contributed by atoms with van der Waals surface area (Å²) in [5.74, 6) is 0.168. The Morgan fingerprint density at radius 3 is 2.75 bits per heavy atom. The number of nitrogens with zero attached hydrogens (tertiary/aromatic N) is 1. The minimum Gasteiger partial charge on any atom is -0.358 e. The summed E-state index contributed by atoms with van der Waals surface area (Å²) in [5.41, 5.74) is 0. The fourth-order valence-corrected chi connectivity index (χ4v) is 1.86. The number of likely N-dealkylation sites (N-methyl/N-ethyl adjacent to an activating group) is 1. The summed E-state index contributed by atoms with van der Waals surface area (Å²) >= 11 is 0. The first-order chi connectivity index (χ1) is 5.66. The molecule has 1 aliphatic rings. The van der Waals surface area contributed by atoms with Crippen molar-refractivity contribution in [3.05, 3.63) is 0 Å². The van der Waals surface area contributed by atoms with Crippen LogP contribution in [0.1, 0.15) is 26.7 Å². The van der Waals surface area contributed by atoms with E-state index in [0.29, 0.717) is 6.04 Å². The monoisotopic (exact) mass is 170 g/mol. The third-order valence-electron chi connectivity index (χ3n) is 2.51. The molecule has 1 amide bonds. The molecule has 12 heavy (non-hydrogen) atoms. The molecule has 3 heteroatoms. The number of rotatable bonds is 2. The van der Waals surface area contributed by atoms with Crippen molar-refractivity contribution < 1.29 is 4.79 Å². The number of carbonyl (C=O) groups excluding carboxylic acids is 1. The number of likely N-dealkylation sites (tertiary alicyclic amines) is 1. The lowest BCUT2D eigenvalue weighted by Crippen LogP contribution is -2.44. The summed E-state index contributed by atoms with van der Waals surface area (Å²) in [6.45, 7) is 5.35. The lowest BCUT2D eigenvalue weighted by Gasteiger charge is -2.26. The smallest absolute Gasteiger partial charge is 0.237 e. The number of hydrogen-bond acceptors (Lipinski definition) is 2. The van der Waals surface area contributed by atoms with E-state index in [2.05, 4.69) is 24.1 Å². The molecule has 0 aromatic carbocycles. The molecule has 0 aromatic heterocycles. The molecular formula is C9H18N2O. The maximum atomic E-state index is 11.4. The van der Waals surface area contributed by atoms with Crippen molar-refractivity contribution in [1.82, 2.24) is 10.2 Å². The second-order valence-electron chi connectivity index (χ2n) is 3.60. The van der Waals surface area contributed by atoms with E-state index in [1.807, 2.05) is 0 Å². The summed E-state index contributed by atoms with van der Waals surface area (Å²) in [7, 11) is 1.71. The fourth-order valence-electron chi connectivity index (χ4n) is 1.86. The molecule has 0 spiro atoms. The van der Waals surface area contributed by atoms with Gasteiger partial charge in [0.1, 0.15) is 0 Å². The Labute approximate surface area is 74.1 Å². The van der Waals surface area contributed by atoms with Crippen LogP contribution >= 0.6 is 0 Å². The van der Waals surface area contributed by atoms with Crippen LogP contribution in [0.3, 0.4) is 0 Å². The van der Waals surface area contributed by atoms with Gasteiger partial charge in [0.15, 0.2) is 0 Å². The van der Waals surface area contributed by atoms with E-state index in [-0.39, 0.29) is 11.9 Å². The Bertz CT molecular complexity index is 168. The second kappa shape index (κ2) is 3.90. The summed E-state index contributed by atoms with van der Waals surface area (Å²) in [4.78, 5) is 13.6. The summed E-state index contributed by atoms with van der Waals surface area (Å²) in [5, 5.41) is 2.71. The molecule has 1 saturated heterocycles. The van der Waals surface area contributed by atoms with Crippen molar-refractivity contribution >= 4 is 5.91 Å². The predicted octanol–water partition coefficient (Wildman–Crippen LogP) is 0.605. The molecule has 1 atom stereocenters. The maximum absolute atomic E-state index is 11.4. The van der Waals surface area contributed by atoms with Gasteiger partial charge in [0, 0.05) is 13.1 Å². The zero-order valence-electron chi connectivity index (χ0n) is 8.13. The summed E-state index contributed by atoms with van der Waals surface area (Å²) < 4.78 is 0. The van der Waals surface area contributed by atoms with Gasteiger partial charge in [0.05, 0.1) is 6.04 Å². The van der Waals surface area contributed by atoms with Crippen molar-refractivity contribution in [3.8, 4) is 0 Å². The minimum absolute atomic E-state index is 0.120. The van der Waals surface area contributed by atoms with Gasteiger partial charge in [0.25, 0.3) is 0 Å². The van der Waals surface area contributed by atoms with Gasteiger partial charge in [-0.2, -0.15) is 0 Å². The molecule has 1 heterocycles. The van der Waals surface area contributed by atoms with Crippen LogP contribution in [0.5, 0.6) is 0 Å². The molecule has 1 N–H and O–H groups in total. The normalized spacial score (nSPS) is 24.8. The van der Waals surface area contributed by atoms with E-state index >= 15 is 0 Å². The second-order valence-corrected chi connectivity index (χ2v) is 3.60. The van der Waals surface area contributed by atoms with Crippen molar-refractivity contribution in [1.29, 1.82) is 0 Å². The van der Waals surface area contributed by atoms with Crippen LogP contribution in [0.2, 0.25) is 0 Å². The lowest BCUT2D eigenvalue weighted by atomic mass is 10.2. The van der Waals surface area contributed by atoms with Crippen LogP contribution < -0.4 is 5.32 Å². The van der Waals surface area contributed by atoms with Crippen molar-refractivity contribution in [2.24, 2.45) is 0 Å². The Balaban J connectivity index is 2.57. The van der Waals surface area contributed by atoms with Gasteiger partial charge in [-0.3, -0.25) is 9.69 Å². The van der Waals surface area contributed by atoms with Gasteiger partial charge in [-0.15, -0.1) is 0 Å². The predicted molar refractivity (Wildman–Crippen MR) is 48.9 cm³/mol. The van der Waals surface area contributed by atoms with Gasteiger partial charge < -0.3 is 5.32 Å². The Hall–Kier alpha value is -0.570. The first-order valence-corrected chi connectivity index (χ1v) is 4.64.